The summed E-state index contributed by atoms with van der Waals surface area (Å²) < 4.78 is 54.2. The third-order valence-electron chi connectivity index (χ3n) is 4.08. The van der Waals surface area contributed by atoms with E-state index in [-0.39, 0.29) is 16.3 Å². The van der Waals surface area contributed by atoms with Gasteiger partial charge < -0.3 is 5.73 Å². The van der Waals surface area contributed by atoms with Crippen molar-refractivity contribution in [2.24, 2.45) is 5.73 Å². The molecule has 3 N–H and O–H groups in total. The van der Waals surface area contributed by atoms with Gasteiger partial charge in [0.05, 0.1) is 9.79 Å². The Bertz CT molecular complexity index is 770. The molecule has 1 fully saturated rings. The van der Waals surface area contributed by atoms with Gasteiger partial charge in [-0.15, -0.1) is 0 Å². The minimum Gasteiger partial charge on any atom is -0.330 e. The van der Waals surface area contributed by atoms with Crippen molar-refractivity contribution >= 4 is 20.0 Å². The number of rotatable bonds is 7. The van der Waals surface area contributed by atoms with Crippen LogP contribution in [0.4, 0.5) is 0 Å². The lowest BCUT2D eigenvalue weighted by atomic mass is 10.2. The van der Waals surface area contributed by atoms with Crippen LogP contribution in [0, 0.1) is 6.92 Å². The minimum absolute atomic E-state index is 0.0410. The quantitative estimate of drug-likeness (QED) is 0.685. The van der Waals surface area contributed by atoms with Gasteiger partial charge in [-0.3, -0.25) is 0 Å². The van der Waals surface area contributed by atoms with Gasteiger partial charge in [-0.1, -0.05) is 12.5 Å². The monoisotopic (exact) mass is 375 g/mol. The van der Waals surface area contributed by atoms with Gasteiger partial charge in [0.1, 0.15) is 0 Å². The lowest BCUT2D eigenvalue weighted by Gasteiger charge is -2.26. The second-order valence-corrected chi connectivity index (χ2v) is 9.61. The number of hydrogen-bond donors (Lipinski definition) is 2. The summed E-state index contributed by atoms with van der Waals surface area (Å²) in [6, 6.07) is 4.22. The number of nitrogens with one attached hydrogen (secondary N) is 1. The topological polar surface area (TPSA) is 110 Å². The molecule has 1 aromatic carbocycles. The number of nitrogens with two attached hydrogens (primary N) is 1. The van der Waals surface area contributed by atoms with Crippen molar-refractivity contribution in [1.82, 2.24) is 9.03 Å². The van der Waals surface area contributed by atoms with Crippen molar-refractivity contribution in [1.29, 1.82) is 0 Å². The van der Waals surface area contributed by atoms with Crippen molar-refractivity contribution in [3.05, 3.63) is 23.8 Å². The third-order valence-corrected chi connectivity index (χ3v) is 7.58. The molecule has 1 heterocycles. The van der Waals surface area contributed by atoms with Gasteiger partial charge in [-0.2, -0.15) is 4.31 Å². The largest absolute Gasteiger partial charge is 0.330 e. The van der Waals surface area contributed by atoms with Crippen molar-refractivity contribution in [3.63, 3.8) is 0 Å². The Morgan fingerprint density at radius 2 is 1.79 bits per heavy atom. The maximum Gasteiger partial charge on any atom is 0.243 e. The first-order valence-corrected chi connectivity index (χ1v) is 11.0. The number of nitrogens with zero attached hydrogens (tertiary/aromatic N) is 1. The molecule has 0 amide bonds. The summed E-state index contributed by atoms with van der Waals surface area (Å²) in [5.74, 6) is 0. The van der Waals surface area contributed by atoms with E-state index < -0.39 is 20.0 Å². The number of hydrogen-bond acceptors (Lipinski definition) is 5. The zero-order valence-corrected chi connectivity index (χ0v) is 15.5. The van der Waals surface area contributed by atoms with Gasteiger partial charge in [0.25, 0.3) is 0 Å². The van der Waals surface area contributed by atoms with Crippen molar-refractivity contribution in [3.8, 4) is 0 Å². The van der Waals surface area contributed by atoms with E-state index in [9.17, 15) is 16.8 Å². The maximum absolute atomic E-state index is 12.8. The second kappa shape index (κ2) is 7.92. The lowest BCUT2D eigenvalue weighted by molar-refractivity contribution is 0.346. The molecule has 0 atom stereocenters. The zero-order valence-electron chi connectivity index (χ0n) is 13.9. The average Bonchev–Trinajstić information content (AvgIpc) is 2.56. The van der Waals surface area contributed by atoms with Gasteiger partial charge >= 0.3 is 0 Å². The van der Waals surface area contributed by atoms with Crippen molar-refractivity contribution in [2.75, 3.05) is 26.2 Å². The molecular formula is C15H25N3O4S2. The SMILES string of the molecule is Cc1ccc(S(=O)(=O)NCCCN)cc1S(=O)(=O)N1CCCCC1. The fourth-order valence-corrected chi connectivity index (χ4v) is 5.60. The summed E-state index contributed by atoms with van der Waals surface area (Å²) in [7, 11) is -7.43. The molecule has 0 saturated carbocycles. The molecule has 1 aliphatic rings. The van der Waals surface area contributed by atoms with Gasteiger partial charge in [0.2, 0.25) is 20.0 Å². The Kier molecular flexibility index (Phi) is 6.38. The normalized spacial score (nSPS) is 17.1. The first kappa shape index (κ1) is 19.3. The fourth-order valence-electron chi connectivity index (χ4n) is 2.66. The standard InChI is InChI=1S/C15H25N3O4S2/c1-13-6-7-14(23(19,20)17-9-5-8-16)12-15(13)24(21,22)18-10-3-2-4-11-18/h6-7,12,17H,2-5,8-11,16H2,1H3. The molecule has 136 valence electrons. The Hall–Kier alpha value is -1.00. The van der Waals surface area contributed by atoms with E-state index in [4.69, 9.17) is 5.73 Å². The zero-order chi connectivity index (χ0) is 17.8. The van der Waals surface area contributed by atoms with E-state index in [0.29, 0.717) is 31.6 Å². The molecule has 0 spiro atoms. The molecule has 0 aliphatic carbocycles. The third kappa shape index (κ3) is 4.34. The molecule has 24 heavy (non-hydrogen) atoms. The fraction of sp³-hybridized carbons (Fsp3) is 0.600. The number of sulfonamides is 2. The lowest BCUT2D eigenvalue weighted by Crippen LogP contribution is -2.36. The van der Waals surface area contributed by atoms with Crippen LogP contribution in [0.2, 0.25) is 0 Å². The molecule has 9 heteroatoms. The van der Waals surface area contributed by atoms with Crippen LogP contribution < -0.4 is 10.5 Å². The van der Waals surface area contributed by atoms with Gasteiger partial charge in [0, 0.05) is 19.6 Å². The highest BCUT2D eigenvalue weighted by molar-refractivity contribution is 7.90. The molecule has 0 unspecified atom stereocenters. The van der Waals surface area contributed by atoms with E-state index in [1.54, 1.807) is 6.92 Å². The summed E-state index contributed by atoms with van der Waals surface area (Å²) in [6.07, 6.45) is 3.20. The highest BCUT2D eigenvalue weighted by Crippen LogP contribution is 2.25. The molecule has 1 saturated heterocycles. The summed E-state index contributed by atoms with van der Waals surface area (Å²) >= 11 is 0. The first-order valence-electron chi connectivity index (χ1n) is 8.09. The Morgan fingerprint density at radius 1 is 1.12 bits per heavy atom. The van der Waals surface area contributed by atoms with Crippen LogP contribution >= 0.6 is 0 Å². The second-order valence-electron chi connectivity index (χ2n) is 5.93. The van der Waals surface area contributed by atoms with Crippen molar-refractivity contribution in [2.45, 2.75) is 42.4 Å². The van der Waals surface area contributed by atoms with Gasteiger partial charge in [-0.05, 0) is 50.4 Å². The molecule has 2 rings (SSSR count). The first-order chi connectivity index (χ1) is 11.3. The molecule has 1 aliphatic heterocycles. The van der Waals surface area contributed by atoms with Crippen LogP contribution in [-0.2, 0) is 20.0 Å². The summed E-state index contributed by atoms with van der Waals surface area (Å²) in [6.45, 7) is 3.24. The van der Waals surface area contributed by atoms with Gasteiger partial charge in [0.15, 0.2) is 0 Å². The Balaban J connectivity index is 2.34. The van der Waals surface area contributed by atoms with Crippen LogP contribution in [0.5, 0.6) is 0 Å². The average molecular weight is 376 g/mol. The van der Waals surface area contributed by atoms with Crippen LogP contribution in [0.25, 0.3) is 0 Å². The van der Waals surface area contributed by atoms with Crippen LogP contribution in [-0.4, -0.2) is 47.3 Å². The smallest absolute Gasteiger partial charge is 0.243 e. The van der Waals surface area contributed by atoms with Crippen molar-refractivity contribution < 1.29 is 16.8 Å². The highest BCUT2D eigenvalue weighted by Gasteiger charge is 2.28. The Morgan fingerprint density at radius 3 is 2.42 bits per heavy atom. The number of benzene rings is 1. The van der Waals surface area contributed by atoms with Gasteiger partial charge in [-0.25, -0.2) is 21.6 Å². The number of piperidine rings is 1. The summed E-state index contributed by atoms with van der Waals surface area (Å²) in [4.78, 5) is 0.0202. The molecule has 7 nitrogen and oxygen atoms in total. The highest BCUT2D eigenvalue weighted by atomic mass is 32.2. The van der Waals surface area contributed by atoms with E-state index >= 15 is 0 Å². The van der Waals surface area contributed by atoms with E-state index in [1.807, 2.05) is 0 Å². The summed E-state index contributed by atoms with van der Waals surface area (Å²) in [5.41, 5.74) is 5.90. The summed E-state index contributed by atoms with van der Waals surface area (Å²) in [5, 5.41) is 0. The minimum atomic E-state index is -3.75. The predicted octanol–water partition coefficient (Wildman–Crippen LogP) is 0.797. The number of aryl methyl sites for hydroxylation is 1. The maximum atomic E-state index is 12.8. The molecular weight excluding hydrogens is 350 g/mol. The van der Waals surface area contributed by atoms with Crippen LogP contribution in [0.1, 0.15) is 31.2 Å². The Labute approximate surface area is 144 Å². The predicted molar refractivity (Wildman–Crippen MR) is 92.6 cm³/mol. The molecule has 0 bridgehead atoms. The van der Waals surface area contributed by atoms with Crippen LogP contribution in [0.3, 0.4) is 0 Å². The molecule has 1 aromatic rings. The molecule has 0 radical (unpaired) electrons. The van der Waals surface area contributed by atoms with E-state index in [0.717, 1.165) is 19.3 Å². The molecule has 0 aromatic heterocycles. The van der Waals surface area contributed by atoms with E-state index in [2.05, 4.69) is 4.72 Å². The van der Waals surface area contributed by atoms with E-state index in [1.165, 1.54) is 22.5 Å². The van der Waals surface area contributed by atoms with Crippen LogP contribution in [0.15, 0.2) is 28.0 Å².